The van der Waals surface area contributed by atoms with Gasteiger partial charge in [-0.15, -0.1) is 0 Å². The minimum absolute atomic E-state index is 0.0333. The van der Waals surface area contributed by atoms with Crippen molar-refractivity contribution in [1.82, 2.24) is 5.32 Å². The molecule has 0 aliphatic carbocycles. The molecule has 1 N–H and O–H groups in total. The van der Waals surface area contributed by atoms with Gasteiger partial charge in [0.1, 0.15) is 6.61 Å². The summed E-state index contributed by atoms with van der Waals surface area (Å²) in [5, 5.41) is 3.43. The van der Waals surface area contributed by atoms with Crippen molar-refractivity contribution in [2.45, 2.75) is 32.8 Å². The van der Waals surface area contributed by atoms with Gasteiger partial charge in [0.05, 0.1) is 26.9 Å². The number of methoxy groups -OCH3 is 2. The van der Waals surface area contributed by atoms with Crippen LogP contribution in [0, 0.1) is 0 Å². The Balaban J connectivity index is 1.74. The largest absolute Gasteiger partial charge is 0.493 e. The fourth-order valence-corrected chi connectivity index (χ4v) is 3.22. The smallest absolute Gasteiger partial charge is 0.161 e. The summed E-state index contributed by atoms with van der Waals surface area (Å²) in [5.41, 5.74) is 1.10. The Morgan fingerprint density at radius 3 is 2.20 bits per heavy atom. The Labute approximate surface area is 180 Å². The molecule has 0 radical (unpaired) electrons. The highest BCUT2D eigenvalue weighted by molar-refractivity contribution is 5.43. The molecule has 6 heteroatoms. The van der Waals surface area contributed by atoms with Crippen LogP contribution in [0.4, 0.5) is 0 Å². The molecule has 0 amide bonds. The first kappa shape index (κ1) is 23.8. The molecule has 0 aliphatic heterocycles. The Morgan fingerprint density at radius 2 is 1.53 bits per heavy atom. The third-order valence-corrected chi connectivity index (χ3v) is 4.65. The predicted octanol–water partition coefficient (Wildman–Crippen LogP) is 4.63. The van der Waals surface area contributed by atoms with Crippen molar-refractivity contribution in [2.24, 2.45) is 0 Å². The molecular formula is C24H35NO5. The van der Waals surface area contributed by atoms with Gasteiger partial charge in [-0.2, -0.15) is 0 Å². The van der Waals surface area contributed by atoms with Crippen molar-refractivity contribution < 1.29 is 23.7 Å². The van der Waals surface area contributed by atoms with Crippen molar-refractivity contribution >= 4 is 0 Å². The first-order valence-electron chi connectivity index (χ1n) is 10.6. The molecule has 166 valence electrons. The predicted molar refractivity (Wildman–Crippen MR) is 119 cm³/mol. The van der Waals surface area contributed by atoms with Crippen LogP contribution in [0.1, 0.15) is 38.4 Å². The van der Waals surface area contributed by atoms with Crippen LogP contribution in [-0.4, -0.2) is 47.1 Å². The molecule has 30 heavy (non-hydrogen) atoms. The van der Waals surface area contributed by atoms with Crippen LogP contribution in [0.2, 0.25) is 0 Å². The van der Waals surface area contributed by atoms with Crippen LogP contribution >= 0.6 is 0 Å². The van der Waals surface area contributed by atoms with Gasteiger partial charge in [-0.05, 0) is 63.1 Å². The lowest BCUT2D eigenvalue weighted by Crippen LogP contribution is -2.22. The Hall–Kier alpha value is -2.44. The van der Waals surface area contributed by atoms with Crippen LogP contribution in [0.25, 0.3) is 0 Å². The summed E-state index contributed by atoms with van der Waals surface area (Å²) in [7, 11) is 3.29. The quantitative estimate of drug-likeness (QED) is 0.427. The highest BCUT2D eigenvalue weighted by Crippen LogP contribution is 2.32. The lowest BCUT2D eigenvalue weighted by molar-refractivity contribution is 0.0545. The SMILES string of the molecule is CCOc1ccccc1OCCNCCCC(OCC)c1ccc(OC)c(OC)c1. The summed E-state index contributed by atoms with van der Waals surface area (Å²) in [4.78, 5) is 0. The minimum atomic E-state index is 0.0333. The standard InChI is InChI=1S/C24H35NO5/c1-5-28-20(19-13-14-21(26-3)24(18-19)27-4)12-9-15-25-16-17-30-23-11-8-7-10-22(23)29-6-2/h7-8,10-11,13-14,18,20,25H,5-6,9,12,15-17H2,1-4H3. The van der Waals surface area contributed by atoms with Crippen LogP contribution in [0.3, 0.4) is 0 Å². The molecule has 2 rings (SSSR count). The zero-order valence-corrected chi connectivity index (χ0v) is 18.6. The van der Waals surface area contributed by atoms with E-state index < -0.39 is 0 Å². The van der Waals surface area contributed by atoms with Crippen molar-refractivity contribution in [1.29, 1.82) is 0 Å². The van der Waals surface area contributed by atoms with E-state index in [9.17, 15) is 0 Å². The lowest BCUT2D eigenvalue weighted by atomic mass is 10.0. The van der Waals surface area contributed by atoms with Crippen molar-refractivity contribution in [3.8, 4) is 23.0 Å². The summed E-state index contributed by atoms with van der Waals surface area (Å²) in [6.07, 6.45) is 1.95. The molecule has 2 aromatic carbocycles. The van der Waals surface area contributed by atoms with Gasteiger partial charge >= 0.3 is 0 Å². The number of hydrogen-bond acceptors (Lipinski definition) is 6. The van der Waals surface area contributed by atoms with E-state index in [2.05, 4.69) is 5.32 Å². The second-order valence-corrected chi connectivity index (χ2v) is 6.68. The second kappa shape index (κ2) is 13.7. The van der Waals surface area contributed by atoms with Crippen molar-refractivity contribution in [3.05, 3.63) is 48.0 Å². The zero-order chi connectivity index (χ0) is 21.6. The molecule has 0 aromatic heterocycles. The van der Waals surface area contributed by atoms with Gasteiger partial charge in [0, 0.05) is 13.2 Å². The van der Waals surface area contributed by atoms with E-state index in [-0.39, 0.29) is 6.10 Å². The van der Waals surface area contributed by atoms with Crippen LogP contribution in [0.5, 0.6) is 23.0 Å². The van der Waals surface area contributed by atoms with E-state index in [1.54, 1.807) is 14.2 Å². The molecule has 0 bridgehead atoms. The number of benzene rings is 2. The zero-order valence-electron chi connectivity index (χ0n) is 18.6. The summed E-state index contributed by atoms with van der Waals surface area (Å²) in [6, 6.07) is 13.7. The average Bonchev–Trinajstić information content (AvgIpc) is 2.78. The average molecular weight is 418 g/mol. The molecule has 1 unspecified atom stereocenters. The van der Waals surface area contributed by atoms with E-state index in [0.29, 0.717) is 19.8 Å². The summed E-state index contributed by atoms with van der Waals surface area (Å²) >= 11 is 0. The maximum atomic E-state index is 5.96. The number of para-hydroxylation sites is 2. The van der Waals surface area contributed by atoms with E-state index in [1.165, 1.54) is 0 Å². The Bertz CT molecular complexity index is 737. The van der Waals surface area contributed by atoms with E-state index in [1.807, 2.05) is 56.3 Å². The minimum Gasteiger partial charge on any atom is -0.493 e. The van der Waals surface area contributed by atoms with Crippen molar-refractivity contribution in [2.75, 3.05) is 47.1 Å². The van der Waals surface area contributed by atoms with Gasteiger partial charge in [0.25, 0.3) is 0 Å². The highest BCUT2D eigenvalue weighted by atomic mass is 16.5. The molecule has 0 saturated carbocycles. The van der Waals surface area contributed by atoms with Crippen LogP contribution in [-0.2, 0) is 4.74 Å². The number of hydrogen-bond donors (Lipinski definition) is 1. The van der Waals surface area contributed by atoms with Gasteiger partial charge in [-0.1, -0.05) is 18.2 Å². The Morgan fingerprint density at radius 1 is 0.800 bits per heavy atom. The lowest BCUT2D eigenvalue weighted by Gasteiger charge is -2.19. The first-order chi connectivity index (χ1) is 14.7. The van der Waals surface area contributed by atoms with E-state index in [4.69, 9.17) is 23.7 Å². The molecule has 2 aromatic rings. The number of nitrogens with one attached hydrogen (secondary N) is 1. The van der Waals surface area contributed by atoms with Gasteiger partial charge < -0.3 is 29.0 Å². The molecule has 0 heterocycles. The topological polar surface area (TPSA) is 58.2 Å². The van der Waals surface area contributed by atoms with Crippen LogP contribution in [0.15, 0.2) is 42.5 Å². The summed E-state index contributed by atoms with van der Waals surface area (Å²) in [6.45, 7) is 7.54. The number of ether oxygens (including phenoxy) is 5. The van der Waals surface area contributed by atoms with Crippen LogP contribution < -0.4 is 24.3 Å². The van der Waals surface area contributed by atoms with Gasteiger partial charge in [0.2, 0.25) is 0 Å². The summed E-state index contributed by atoms with van der Waals surface area (Å²) in [5.74, 6) is 3.02. The fraction of sp³-hybridized carbons (Fsp3) is 0.500. The first-order valence-corrected chi connectivity index (χ1v) is 10.6. The molecular weight excluding hydrogens is 382 g/mol. The number of rotatable bonds is 15. The third kappa shape index (κ3) is 7.43. The maximum absolute atomic E-state index is 5.96. The molecule has 0 spiro atoms. The Kier molecular flexibility index (Phi) is 10.9. The normalized spacial score (nSPS) is 11.7. The molecule has 1 atom stereocenters. The molecule has 0 fully saturated rings. The molecule has 0 aliphatic rings. The van der Waals surface area contributed by atoms with Crippen molar-refractivity contribution in [3.63, 3.8) is 0 Å². The molecule has 6 nitrogen and oxygen atoms in total. The van der Waals surface area contributed by atoms with Gasteiger partial charge in [-0.25, -0.2) is 0 Å². The summed E-state index contributed by atoms with van der Waals surface area (Å²) < 4.78 is 28.1. The maximum Gasteiger partial charge on any atom is 0.161 e. The van der Waals surface area contributed by atoms with Gasteiger partial charge in [0.15, 0.2) is 23.0 Å². The van der Waals surface area contributed by atoms with E-state index >= 15 is 0 Å². The second-order valence-electron chi connectivity index (χ2n) is 6.68. The third-order valence-electron chi connectivity index (χ3n) is 4.65. The van der Waals surface area contributed by atoms with Gasteiger partial charge in [-0.3, -0.25) is 0 Å². The molecule has 0 saturated heterocycles. The monoisotopic (exact) mass is 417 g/mol. The van der Waals surface area contributed by atoms with E-state index in [0.717, 1.165) is 54.5 Å². The fourth-order valence-electron chi connectivity index (χ4n) is 3.22. The highest BCUT2D eigenvalue weighted by Gasteiger charge is 2.14.